The summed E-state index contributed by atoms with van der Waals surface area (Å²) >= 11 is 0. The number of rotatable bonds is 7. The molecule has 0 unspecified atom stereocenters. The van der Waals surface area contributed by atoms with Gasteiger partial charge in [0.1, 0.15) is 0 Å². The van der Waals surface area contributed by atoms with E-state index in [1.807, 2.05) is 38.8 Å². The lowest BCUT2D eigenvalue weighted by Crippen LogP contribution is -2.28. The Hall–Kier alpha value is -2.11. The number of nitrogens with zero attached hydrogens (tertiary/aromatic N) is 2. The zero-order valence-corrected chi connectivity index (χ0v) is 13.5. The van der Waals surface area contributed by atoms with E-state index in [2.05, 4.69) is 10.3 Å². The Kier molecular flexibility index (Phi) is 9.58. The van der Waals surface area contributed by atoms with Gasteiger partial charge in [0.25, 0.3) is 0 Å². The molecule has 0 fully saturated rings. The first kappa shape index (κ1) is 18.9. The molecule has 0 saturated heterocycles. The number of carbonyl (C=O) groups excluding carboxylic acids is 2. The van der Waals surface area contributed by atoms with Crippen LogP contribution in [0.5, 0.6) is 5.88 Å². The van der Waals surface area contributed by atoms with Crippen LogP contribution in [0.3, 0.4) is 0 Å². The van der Waals surface area contributed by atoms with E-state index >= 15 is 0 Å². The minimum atomic E-state index is -0.305. The number of hydrogen-bond donors (Lipinski definition) is 1. The van der Waals surface area contributed by atoms with E-state index in [1.54, 1.807) is 13.3 Å². The van der Waals surface area contributed by atoms with Gasteiger partial charge in [0.15, 0.2) is 0 Å². The largest absolute Gasteiger partial charge is 0.480 e. The Bertz CT molecular complexity index is 450. The van der Waals surface area contributed by atoms with Crippen LogP contribution in [0.2, 0.25) is 0 Å². The summed E-state index contributed by atoms with van der Waals surface area (Å²) in [6, 6.07) is 1.99. The predicted molar refractivity (Wildman–Crippen MR) is 83.6 cm³/mol. The smallest absolute Gasteiger partial charge is 0.237 e. The average molecular weight is 295 g/mol. The number of ether oxygens (including phenoxy) is 1. The lowest BCUT2D eigenvalue weighted by Gasteiger charge is -2.21. The normalized spacial score (nSPS) is 9.19. The number of aryl methyl sites for hydroxylation is 1. The highest BCUT2D eigenvalue weighted by Gasteiger charge is 2.11. The molecule has 0 atom stereocenters. The zero-order valence-electron chi connectivity index (χ0n) is 13.5. The van der Waals surface area contributed by atoms with Crippen molar-refractivity contribution in [2.45, 2.75) is 33.6 Å². The van der Waals surface area contributed by atoms with Gasteiger partial charge in [0.05, 0.1) is 12.8 Å². The van der Waals surface area contributed by atoms with Crippen LogP contribution < -0.4 is 15.0 Å². The van der Waals surface area contributed by atoms with Crippen molar-refractivity contribution in [1.29, 1.82) is 0 Å². The molecular weight excluding hydrogens is 270 g/mol. The van der Waals surface area contributed by atoms with Crippen LogP contribution >= 0.6 is 0 Å². The van der Waals surface area contributed by atoms with E-state index in [0.29, 0.717) is 18.8 Å². The van der Waals surface area contributed by atoms with Crippen LogP contribution in [-0.2, 0) is 16.0 Å². The molecule has 0 spiro atoms. The van der Waals surface area contributed by atoms with E-state index in [1.165, 1.54) is 0 Å². The summed E-state index contributed by atoms with van der Waals surface area (Å²) in [6.07, 6.45) is 3.27. The van der Waals surface area contributed by atoms with Gasteiger partial charge < -0.3 is 9.64 Å². The molecule has 0 aromatic carbocycles. The molecule has 1 aromatic rings. The molecule has 1 N–H and O–H groups in total. The number of methoxy groups -OCH3 is 1. The van der Waals surface area contributed by atoms with Crippen molar-refractivity contribution in [3.05, 3.63) is 17.8 Å². The molecule has 6 nitrogen and oxygen atoms in total. The molecule has 1 rings (SSSR count). The predicted octanol–water partition coefficient (Wildman–Crippen LogP) is 1.78. The summed E-state index contributed by atoms with van der Waals surface area (Å²) < 4.78 is 5.21. The van der Waals surface area contributed by atoms with Gasteiger partial charge in [-0.1, -0.05) is 20.8 Å². The van der Waals surface area contributed by atoms with Crippen molar-refractivity contribution < 1.29 is 14.3 Å². The molecular formula is C15H25N3O3. The van der Waals surface area contributed by atoms with Crippen molar-refractivity contribution in [1.82, 2.24) is 10.3 Å². The van der Waals surface area contributed by atoms with Crippen LogP contribution in [0.1, 0.15) is 32.8 Å². The van der Waals surface area contributed by atoms with Crippen molar-refractivity contribution in [3.8, 4) is 5.88 Å². The fraction of sp³-hybridized carbons (Fsp3) is 0.533. The van der Waals surface area contributed by atoms with Gasteiger partial charge in [-0.15, -0.1) is 0 Å². The Balaban J connectivity index is 0.00000191. The van der Waals surface area contributed by atoms with Crippen molar-refractivity contribution in [3.63, 3.8) is 0 Å². The molecule has 0 saturated carbocycles. The average Bonchev–Trinajstić information content (AvgIpc) is 2.54. The fourth-order valence-corrected chi connectivity index (χ4v) is 1.63. The van der Waals surface area contributed by atoms with E-state index < -0.39 is 0 Å². The van der Waals surface area contributed by atoms with Crippen LogP contribution in [0.4, 0.5) is 5.69 Å². The maximum absolute atomic E-state index is 11.2. The fourth-order valence-electron chi connectivity index (χ4n) is 1.63. The molecule has 0 aliphatic rings. The molecule has 118 valence electrons. The second-order valence-corrected chi connectivity index (χ2v) is 4.08. The SMILES string of the molecule is CC.CCc1cnc(OC)c(N(C)CCC(=O)NC=O)c1. The third-order valence-electron chi connectivity index (χ3n) is 2.80. The zero-order chi connectivity index (χ0) is 16.3. The number of imide groups is 1. The molecule has 0 aliphatic carbocycles. The highest BCUT2D eigenvalue weighted by atomic mass is 16.5. The summed E-state index contributed by atoms with van der Waals surface area (Å²) in [6.45, 7) is 6.52. The van der Waals surface area contributed by atoms with Gasteiger partial charge in [0, 0.05) is 26.2 Å². The lowest BCUT2D eigenvalue weighted by atomic mass is 10.2. The third-order valence-corrected chi connectivity index (χ3v) is 2.80. The van der Waals surface area contributed by atoms with E-state index in [4.69, 9.17) is 4.74 Å². The molecule has 1 aromatic heterocycles. The maximum atomic E-state index is 11.2. The third kappa shape index (κ3) is 6.25. The molecule has 1 heterocycles. The first-order chi connectivity index (χ1) is 10.1. The monoisotopic (exact) mass is 295 g/mol. The molecule has 0 radical (unpaired) electrons. The molecule has 2 amide bonds. The minimum absolute atomic E-state index is 0.231. The lowest BCUT2D eigenvalue weighted by molar-refractivity contribution is -0.125. The number of pyridine rings is 1. The summed E-state index contributed by atoms with van der Waals surface area (Å²) in [4.78, 5) is 27.5. The van der Waals surface area contributed by atoms with E-state index in [0.717, 1.165) is 17.7 Å². The Morgan fingerprint density at radius 1 is 1.48 bits per heavy atom. The van der Waals surface area contributed by atoms with Gasteiger partial charge >= 0.3 is 0 Å². The number of hydrogen-bond acceptors (Lipinski definition) is 5. The highest BCUT2D eigenvalue weighted by Crippen LogP contribution is 2.26. The Labute approximate surface area is 126 Å². The number of amides is 2. The van der Waals surface area contributed by atoms with Crippen LogP contribution in [0, 0.1) is 0 Å². The maximum Gasteiger partial charge on any atom is 0.237 e. The molecule has 6 heteroatoms. The van der Waals surface area contributed by atoms with Gasteiger partial charge in [0.2, 0.25) is 18.2 Å². The summed E-state index contributed by atoms with van der Waals surface area (Å²) in [5.41, 5.74) is 1.93. The first-order valence-corrected chi connectivity index (χ1v) is 7.09. The minimum Gasteiger partial charge on any atom is -0.480 e. The van der Waals surface area contributed by atoms with Crippen LogP contribution in [0.15, 0.2) is 12.3 Å². The Morgan fingerprint density at radius 2 is 2.14 bits per heavy atom. The standard InChI is InChI=1S/C13H19N3O3.C2H6/c1-4-10-7-11(13(19-3)14-8-10)16(2)6-5-12(18)15-9-17;1-2/h7-9H,4-6H2,1-3H3,(H,15,17,18);1-2H3. The van der Waals surface area contributed by atoms with Crippen LogP contribution in [0.25, 0.3) is 0 Å². The highest BCUT2D eigenvalue weighted by molar-refractivity contribution is 5.86. The van der Waals surface area contributed by atoms with Gasteiger partial charge in [-0.3, -0.25) is 14.9 Å². The van der Waals surface area contributed by atoms with Crippen LogP contribution in [-0.4, -0.2) is 38.0 Å². The molecule has 0 bridgehead atoms. The van der Waals surface area contributed by atoms with Crippen molar-refractivity contribution in [2.24, 2.45) is 0 Å². The topological polar surface area (TPSA) is 71.5 Å². The number of nitrogens with one attached hydrogen (secondary N) is 1. The molecule has 21 heavy (non-hydrogen) atoms. The summed E-state index contributed by atoms with van der Waals surface area (Å²) in [7, 11) is 3.41. The van der Waals surface area contributed by atoms with Crippen molar-refractivity contribution >= 4 is 18.0 Å². The second-order valence-electron chi connectivity index (χ2n) is 4.08. The first-order valence-electron chi connectivity index (χ1n) is 7.09. The number of carbonyl (C=O) groups is 2. The number of aromatic nitrogens is 1. The van der Waals surface area contributed by atoms with Crippen molar-refractivity contribution in [2.75, 3.05) is 25.6 Å². The van der Waals surface area contributed by atoms with Gasteiger partial charge in [-0.25, -0.2) is 4.98 Å². The van der Waals surface area contributed by atoms with Gasteiger partial charge in [-0.05, 0) is 18.1 Å². The summed E-state index contributed by atoms with van der Waals surface area (Å²) in [5.74, 6) is 0.218. The Morgan fingerprint density at radius 3 is 2.67 bits per heavy atom. The summed E-state index contributed by atoms with van der Waals surface area (Å²) in [5, 5.41) is 2.11. The number of anilines is 1. The van der Waals surface area contributed by atoms with E-state index in [-0.39, 0.29) is 12.3 Å². The van der Waals surface area contributed by atoms with E-state index in [9.17, 15) is 9.59 Å². The van der Waals surface area contributed by atoms with Gasteiger partial charge in [-0.2, -0.15) is 0 Å². The molecule has 0 aliphatic heterocycles. The quantitative estimate of drug-likeness (QED) is 0.776. The second kappa shape index (κ2) is 10.7.